The number of hydrogen-bond acceptors (Lipinski definition) is 2. The Labute approximate surface area is 36.5 Å². The third-order valence-corrected chi connectivity index (χ3v) is 0.331. The summed E-state index contributed by atoms with van der Waals surface area (Å²) in [6.45, 7) is 1.69. The lowest BCUT2D eigenvalue weighted by atomic mass is 10.6. The van der Waals surface area contributed by atoms with E-state index in [2.05, 4.69) is 5.32 Å². The summed E-state index contributed by atoms with van der Waals surface area (Å²) < 4.78 is 0. The molecule has 3 nitrogen and oxygen atoms in total. The molecule has 0 heterocycles. The molecule has 0 saturated heterocycles. The van der Waals surface area contributed by atoms with Crippen LogP contribution in [0.5, 0.6) is 0 Å². The Morgan fingerprint density at radius 3 is 2.50 bits per heavy atom. The summed E-state index contributed by atoms with van der Waals surface area (Å²) in [6.07, 6.45) is 0.354. The third kappa shape index (κ3) is 3.43. The summed E-state index contributed by atoms with van der Waals surface area (Å²) in [5.41, 5.74) is 5.06. The first-order valence-corrected chi connectivity index (χ1v) is 1.72. The Morgan fingerprint density at radius 1 is 2.00 bits per heavy atom. The van der Waals surface area contributed by atoms with Gasteiger partial charge in [0.25, 0.3) is 0 Å². The normalized spacial score (nSPS) is 13.0. The summed E-state index contributed by atoms with van der Waals surface area (Å²) >= 11 is 0. The van der Waals surface area contributed by atoms with Crippen molar-refractivity contribution in [3.8, 4) is 0 Å². The van der Waals surface area contributed by atoms with Gasteiger partial charge in [-0.25, -0.2) is 0 Å². The fourth-order valence-electron chi connectivity index (χ4n) is 0.107. The molecule has 0 radical (unpaired) electrons. The van der Waals surface area contributed by atoms with E-state index in [0.29, 0.717) is 6.41 Å². The number of hydrogen-bond donors (Lipinski definition) is 2. The minimum absolute atomic E-state index is 0.220. The van der Waals surface area contributed by atoms with Gasteiger partial charge in [0.1, 0.15) is 0 Å². The van der Waals surface area contributed by atoms with Gasteiger partial charge in [0.2, 0.25) is 6.41 Å². The molecule has 0 aliphatic carbocycles. The van der Waals surface area contributed by atoms with E-state index >= 15 is 0 Å². The van der Waals surface area contributed by atoms with Crippen LogP contribution in [0.3, 0.4) is 0 Å². The van der Waals surface area contributed by atoms with Gasteiger partial charge in [-0.15, -0.1) is 0 Å². The van der Waals surface area contributed by atoms with Crippen molar-refractivity contribution in [1.82, 2.24) is 5.32 Å². The number of nitrogens with one attached hydrogen (secondary N) is 1. The molecule has 0 aromatic heterocycles. The molecule has 0 aromatic carbocycles. The molecular formula is C3H8N2O. The summed E-state index contributed by atoms with van der Waals surface area (Å²) in [5.74, 6) is 0. The maximum Gasteiger partial charge on any atom is 0.208 e. The second-order valence-electron chi connectivity index (χ2n) is 1.07. The SMILES string of the molecule is CC(N)NC=O. The van der Waals surface area contributed by atoms with Crippen molar-refractivity contribution in [2.45, 2.75) is 13.1 Å². The van der Waals surface area contributed by atoms with Gasteiger partial charge < -0.3 is 11.1 Å². The maximum atomic E-state index is 9.42. The van der Waals surface area contributed by atoms with E-state index in [1.807, 2.05) is 0 Å². The molecule has 1 amide bonds. The van der Waals surface area contributed by atoms with E-state index in [9.17, 15) is 4.79 Å². The van der Waals surface area contributed by atoms with Crippen molar-refractivity contribution in [3.05, 3.63) is 0 Å². The quantitative estimate of drug-likeness (QED) is 0.337. The standard InChI is InChI=1S/C3H8N2O/c1-3(4)5-2-6/h2-3H,4H2,1H3,(H,5,6). The molecule has 0 bridgehead atoms. The van der Waals surface area contributed by atoms with Crippen LogP contribution < -0.4 is 11.1 Å². The van der Waals surface area contributed by atoms with Gasteiger partial charge >= 0.3 is 0 Å². The second kappa shape index (κ2) is 2.66. The lowest BCUT2D eigenvalue weighted by Crippen LogP contribution is -2.32. The Hall–Kier alpha value is -0.570. The van der Waals surface area contributed by atoms with Crippen LogP contribution in [0.1, 0.15) is 6.92 Å². The predicted molar refractivity (Wildman–Crippen MR) is 22.8 cm³/mol. The number of nitrogens with two attached hydrogens (primary N) is 1. The van der Waals surface area contributed by atoms with Gasteiger partial charge in [0.05, 0.1) is 6.17 Å². The van der Waals surface area contributed by atoms with Crippen molar-refractivity contribution < 1.29 is 4.79 Å². The zero-order chi connectivity index (χ0) is 4.99. The summed E-state index contributed by atoms with van der Waals surface area (Å²) in [4.78, 5) is 9.42. The molecule has 0 rings (SSSR count). The largest absolute Gasteiger partial charge is 0.344 e. The van der Waals surface area contributed by atoms with Gasteiger partial charge in [0.15, 0.2) is 0 Å². The van der Waals surface area contributed by atoms with Crippen LogP contribution >= 0.6 is 0 Å². The fourth-order valence-corrected chi connectivity index (χ4v) is 0.107. The van der Waals surface area contributed by atoms with Crippen LogP contribution in [0, 0.1) is 0 Å². The topological polar surface area (TPSA) is 55.1 Å². The molecule has 0 spiro atoms. The predicted octanol–water partition coefficient (Wildman–Crippen LogP) is -0.963. The first-order chi connectivity index (χ1) is 2.77. The van der Waals surface area contributed by atoms with Crippen molar-refractivity contribution in [1.29, 1.82) is 0 Å². The molecule has 6 heavy (non-hydrogen) atoms. The Morgan fingerprint density at radius 2 is 2.50 bits per heavy atom. The van der Waals surface area contributed by atoms with Crippen LogP contribution in [0.15, 0.2) is 0 Å². The maximum absolute atomic E-state index is 9.42. The monoisotopic (exact) mass is 88.1 g/mol. The summed E-state index contributed by atoms with van der Waals surface area (Å²) in [7, 11) is 0. The highest BCUT2D eigenvalue weighted by molar-refractivity contribution is 5.46. The van der Waals surface area contributed by atoms with Gasteiger partial charge in [-0.3, -0.25) is 4.79 Å². The van der Waals surface area contributed by atoms with Gasteiger partial charge in [0, 0.05) is 0 Å². The number of carbonyl (C=O) groups is 1. The molecule has 0 aromatic rings. The van der Waals surface area contributed by atoms with Crippen LogP contribution in [0.4, 0.5) is 0 Å². The van der Waals surface area contributed by atoms with E-state index in [-0.39, 0.29) is 6.17 Å². The number of carbonyl (C=O) groups excluding carboxylic acids is 1. The van der Waals surface area contributed by atoms with Crippen LogP contribution in [-0.2, 0) is 4.79 Å². The molecule has 3 N–H and O–H groups in total. The average molecular weight is 88.1 g/mol. The van der Waals surface area contributed by atoms with Crippen LogP contribution in [0.2, 0.25) is 0 Å². The Kier molecular flexibility index (Phi) is 2.40. The highest BCUT2D eigenvalue weighted by Gasteiger charge is 1.80. The van der Waals surface area contributed by atoms with Crippen LogP contribution in [-0.4, -0.2) is 12.6 Å². The smallest absolute Gasteiger partial charge is 0.208 e. The Balaban J connectivity index is 2.81. The lowest BCUT2D eigenvalue weighted by Gasteiger charge is -1.96. The van der Waals surface area contributed by atoms with E-state index < -0.39 is 0 Å². The third-order valence-electron chi connectivity index (χ3n) is 0.331. The number of rotatable bonds is 2. The second-order valence-corrected chi connectivity index (χ2v) is 1.07. The summed E-state index contributed by atoms with van der Waals surface area (Å²) in [6, 6.07) is 0. The molecule has 0 aliphatic heterocycles. The molecule has 0 fully saturated rings. The highest BCUT2D eigenvalue weighted by Crippen LogP contribution is 1.54. The van der Waals surface area contributed by atoms with Crippen molar-refractivity contribution in [2.24, 2.45) is 5.73 Å². The fraction of sp³-hybridized carbons (Fsp3) is 0.667. The summed E-state index contributed by atoms with van der Waals surface area (Å²) in [5, 5.41) is 2.31. The zero-order valence-electron chi connectivity index (χ0n) is 3.64. The average Bonchev–Trinajstić information content (AvgIpc) is 1.35. The van der Waals surface area contributed by atoms with Gasteiger partial charge in [-0.2, -0.15) is 0 Å². The van der Waals surface area contributed by atoms with Gasteiger partial charge in [-0.05, 0) is 6.92 Å². The molecule has 0 saturated carbocycles. The van der Waals surface area contributed by atoms with E-state index in [0.717, 1.165) is 0 Å². The van der Waals surface area contributed by atoms with Crippen LogP contribution in [0.25, 0.3) is 0 Å². The molecule has 1 atom stereocenters. The first kappa shape index (κ1) is 5.43. The van der Waals surface area contributed by atoms with E-state index in [1.165, 1.54) is 0 Å². The number of amides is 1. The minimum Gasteiger partial charge on any atom is -0.344 e. The lowest BCUT2D eigenvalue weighted by molar-refractivity contribution is -0.110. The molecule has 0 aliphatic rings. The van der Waals surface area contributed by atoms with Crippen molar-refractivity contribution >= 4 is 6.41 Å². The van der Waals surface area contributed by atoms with Crippen molar-refractivity contribution in [3.63, 3.8) is 0 Å². The van der Waals surface area contributed by atoms with Gasteiger partial charge in [-0.1, -0.05) is 0 Å². The van der Waals surface area contributed by atoms with E-state index in [4.69, 9.17) is 5.73 Å². The molecule has 36 valence electrons. The zero-order valence-corrected chi connectivity index (χ0v) is 3.64. The first-order valence-electron chi connectivity index (χ1n) is 1.72. The molecule has 1 unspecified atom stereocenters. The highest BCUT2D eigenvalue weighted by atomic mass is 16.1. The minimum atomic E-state index is -0.220. The molecule has 3 heteroatoms. The van der Waals surface area contributed by atoms with Crippen molar-refractivity contribution in [2.75, 3.05) is 0 Å². The molecular weight excluding hydrogens is 80.0 g/mol. The Bertz CT molecular complexity index is 44.1. The van der Waals surface area contributed by atoms with E-state index in [1.54, 1.807) is 6.92 Å².